The van der Waals surface area contributed by atoms with Crippen molar-refractivity contribution in [2.75, 3.05) is 20.1 Å². The normalized spacial score (nSPS) is 13.1. The highest BCUT2D eigenvalue weighted by Gasteiger charge is 2.21. The lowest BCUT2D eigenvalue weighted by Gasteiger charge is -2.20. The quantitative estimate of drug-likeness (QED) is 0.829. The summed E-state index contributed by atoms with van der Waals surface area (Å²) >= 11 is 0. The van der Waals surface area contributed by atoms with Crippen molar-refractivity contribution in [2.45, 2.75) is 39.7 Å². The van der Waals surface area contributed by atoms with Gasteiger partial charge in [0.2, 0.25) is 11.8 Å². The molecule has 0 aliphatic rings. The highest BCUT2D eigenvalue weighted by molar-refractivity contribution is 5.77. The molecule has 0 fully saturated rings. The molecular formula is C12H22N4O2. The van der Waals surface area contributed by atoms with Crippen LogP contribution in [0.25, 0.3) is 0 Å². The van der Waals surface area contributed by atoms with Crippen molar-refractivity contribution in [3.8, 4) is 0 Å². The van der Waals surface area contributed by atoms with Crippen molar-refractivity contribution in [1.82, 2.24) is 20.4 Å². The van der Waals surface area contributed by atoms with E-state index in [0.29, 0.717) is 24.8 Å². The summed E-state index contributed by atoms with van der Waals surface area (Å²) in [6.45, 7) is 8.81. The topological polar surface area (TPSA) is 71.3 Å². The molecule has 0 saturated heterocycles. The molecule has 0 bridgehead atoms. The van der Waals surface area contributed by atoms with E-state index in [1.165, 1.54) is 0 Å². The highest BCUT2D eigenvalue weighted by Crippen LogP contribution is 2.18. The van der Waals surface area contributed by atoms with Crippen molar-refractivity contribution in [3.05, 3.63) is 11.7 Å². The molecule has 1 atom stereocenters. The van der Waals surface area contributed by atoms with Crippen LogP contribution in [-0.2, 0) is 4.79 Å². The van der Waals surface area contributed by atoms with Crippen LogP contribution in [0.2, 0.25) is 0 Å². The number of rotatable bonds is 6. The van der Waals surface area contributed by atoms with Gasteiger partial charge < -0.3 is 9.84 Å². The summed E-state index contributed by atoms with van der Waals surface area (Å²) < 4.78 is 5.22. The number of nitrogens with zero attached hydrogens (tertiary/aromatic N) is 3. The second-order valence-corrected chi connectivity index (χ2v) is 4.69. The number of carbonyl (C=O) groups is 1. The third-order valence-electron chi connectivity index (χ3n) is 2.76. The maximum absolute atomic E-state index is 11.5. The monoisotopic (exact) mass is 254 g/mol. The van der Waals surface area contributed by atoms with Gasteiger partial charge in [-0.15, -0.1) is 0 Å². The van der Waals surface area contributed by atoms with Gasteiger partial charge in [-0.2, -0.15) is 4.98 Å². The number of aromatic nitrogens is 2. The minimum absolute atomic E-state index is 0.00421. The van der Waals surface area contributed by atoms with Gasteiger partial charge in [0.1, 0.15) is 0 Å². The molecule has 0 unspecified atom stereocenters. The summed E-state index contributed by atoms with van der Waals surface area (Å²) in [6.07, 6.45) is 0. The summed E-state index contributed by atoms with van der Waals surface area (Å²) in [5, 5.41) is 6.68. The summed E-state index contributed by atoms with van der Waals surface area (Å²) in [6, 6.07) is -0.0763. The summed E-state index contributed by atoms with van der Waals surface area (Å²) in [7, 11) is 1.86. The number of likely N-dealkylation sites (N-methyl/N-ethyl adjacent to an activating group) is 2. The largest absolute Gasteiger partial charge is 0.355 e. The number of nitrogens with one attached hydrogen (secondary N) is 1. The molecule has 0 aliphatic carbocycles. The zero-order valence-corrected chi connectivity index (χ0v) is 11.7. The fourth-order valence-corrected chi connectivity index (χ4v) is 1.46. The molecule has 0 aliphatic heterocycles. The molecule has 18 heavy (non-hydrogen) atoms. The van der Waals surface area contributed by atoms with Crippen LogP contribution in [-0.4, -0.2) is 41.1 Å². The molecular weight excluding hydrogens is 232 g/mol. The van der Waals surface area contributed by atoms with E-state index in [4.69, 9.17) is 4.52 Å². The Balaban J connectivity index is 2.61. The minimum Gasteiger partial charge on any atom is -0.355 e. The zero-order chi connectivity index (χ0) is 13.7. The maximum atomic E-state index is 11.5. The summed E-state index contributed by atoms with van der Waals surface area (Å²) in [5.74, 6) is 1.48. The van der Waals surface area contributed by atoms with E-state index in [2.05, 4.69) is 15.5 Å². The average Bonchev–Trinajstić information content (AvgIpc) is 2.77. The molecule has 1 heterocycles. The fraction of sp³-hybridized carbons (Fsp3) is 0.750. The number of carbonyl (C=O) groups excluding carboxylic acids is 1. The van der Waals surface area contributed by atoms with Crippen LogP contribution >= 0.6 is 0 Å². The van der Waals surface area contributed by atoms with Crippen molar-refractivity contribution in [2.24, 2.45) is 0 Å². The molecule has 1 rings (SSSR count). The van der Waals surface area contributed by atoms with Gasteiger partial charge in [-0.3, -0.25) is 9.69 Å². The Kier molecular flexibility index (Phi) is 5.27. The van der Waals surface area contributed by atoms with Crippen LogP contribution in [0.5, 0.6) is 0 Å². The third-order valence-corrected chi connectivity index (χ3v) is 2.76. The van der Waals surface area contributed by atoms with E-state index in [-0.39, 0.29) is 17.9 Å². The average molecular weight is 254 g/mol. The Morgan fingerprint density at radius 1 is 1.44 bits per heavy atom. The molecule has 6 heteroatoms. The molecule has 102 valence electrons. The molecule has 0 spiro atoms. The maximum Gasteiger partial charge on any atom is 0.243 e. The second kappa shape index (κ2) is 6.49. The second-order valence-electron chi connectivity index (χ2n) is 4.69. The summed E-state index contributed by atoms with van der Waals surface area (Å²) in [5.41, 5.74) is 0. The van der Waals surface area contributed by atoms with E-state index >= 15 is 0 Å². The van der Waals surface area contributed by atoms with Crippen LogP contribution < -0.4 is 5.32 Å². The van der Waals surface area contributed by atoms with E-state index < -0.39 is 0 Å². The Morgan fingerprint density at radius 2 is 2.11 bits per heavy atom. The van der Waals surface area contributed by atoms with Crippen molar-refractivity contribution in [1.29, 1.82) is 0 Å². The molecule has 1 aromatic heterocycles. The molecule has 0 radical (unpaired) electrons. The Morgan fingerprint density at radius 3 is 2.61 bits per heavy atom. The third kappa shape index (κ3) is 3.80. The van der Waals surface area contributed by atoms with Crippen LogP contribution in [0.1, 0.15) is 51.4 Å². The Bertz CT molecular complexity index is 389. The minimum atomic E-state index is -0.0763. The zero-order valence-electron chi connectivity index (χ0n) is 11.7. The van der Waals surface area contributed by atoms with Crippen molar-refractivity contribution in [3.63, 3.8) is 0 Å². The van der Waals surface area contributed by atoms with Gasteiger partial charge in [0, 0.05) is 12.5 Å². The number of hydrogen-bond acceptors (Lipinski definition) is 5. The predicted octanol–water partition coefficient (Wildman–Crippen LogP) is 1.32. The van der Waals surface area contributed by atoms with Crippen LogP contribution in [0.4, 0.5) is 0 Å². The molecule has 6 nitrogen and oxygen atoms in total. The van der Waals surface area contributed by atoms with Gasteiger partial charge in [-0.25, -0.2) is 0 Å². The first-order chi connectivity index (χ1) is 8.45. The van der Waals surface area contributed by atoms with Crippen molar-refractivity contribution >= 4 is 5.91 Å². The fourth-order valence-electron chi connectivity index (χ4n) is 1.46. The van der Waals surface area contributed by atoms with Gasteiger partial charge >= 0.3 is 0 Å². The van der Waals surface area contributed by atoms with Gasteiger partial charge in [0.25, 0.3) is 0 Å². The van der Waals surface area contributed by atoms with E-state index in [0.717, 1.165) is 0 Å². The van der Waals surface area contributed by atoms with E-state index in [1.807, 2.05) is 39.6 Å². The molecule has 0 aromatic carbocycles. The molecule has 0 saturated carbocycles. The lowest BCUT2D eigenvalue weighted by atomic mass is 10.2. The number of amides is 1. The van der Waals surface area contributed by atoms with Crippen LogP contribution in [0, 0.1) is 0 Å². The summed E-state index contributed by atoms with van der Waals surface area (Å²) in [4.78, 5) is 17.7. The predicted molar refractivity (Wildman–Crippen MR) is 68.1 cm³/mol. The van der Waals surface area contributed by atoms with E-state index in [9.17, 15) is 4.79 Å². The van der Waals surface area contributed by atoms with Crippen molar-refractivity contribution < 1.29 is 9.32 Å². The first kappa shape index (κ1) is 14.6. The van der Waals surface area contributed by atoms with Gasteiger partial charge in [0.15, 0.2) is 5.82 Å². The van der Waals surface area contributed by atoms with Crippen LogP contribution in [0.15, 0.2) is 4.52 Å². The number of hydrogen-bond donors (Lipinski definition) is 1. The molecule has 1 N–H and O–H groups in total. The Hall–Kier alpha value is -1.43. The lowest BCUT2D eigenvalue weighted by Crippen LogP contribution is -2.36. The van der Waals surface area contributed by atoms with E-state index in [1.54, 1.807) is 0 Å². The SMILES string of the molecule is CCNC(=O)CN(C)[C@H](C)c1nc(C(C)C)no1. The standard InChI is InChI=1S/C12H22N4O2/c1-6-13-10(17)7-16(5)9(4)12-14-11(8(2)3)15-18-12/h8-9H,6-7H2,1-5H3,(H,13,17)/t9-/m1/s1. The first-order valence-corrected chi connectivity index (χ1v) is 6.26. The van der Waals surface area contributed by atoms with Crippen LogP contribution in [0.3, 0.4) is 0 Å². The Labute approximate surface area is 108 Å². The smallest absolute Gasteiger partial charge is 0.243 e. The van der Waals surface area contributed by atoms with Gasteiger partial charge in [-0.1, -0.05) is 19.0 Å². The first-order valence-electron chi connectivity index (χ1n) is 6.26. The van der Waals surface area contributed by atoms with Gasteiger partial charge in [0.05, 0.1) is 12.6 Å². The highest BCUT2D eigenvalue weighted by atomic mass is 16.5. The van der Waals surface area contributed by atoms with Gasteiger partial charge in [-0.05, 0) is 20.9 Å². The lowest BCUT2D eigenvalue weighted by molar-refractivity contribution is -0.122. The molecule has 1 amide bonds. The molecule has 1 aromatic rings.